The van der Waals surface area contributed by atoms with Gasteiger partial charge in [-0.15, -0.1) is 0 Å². The molecule has 0 aromatic heterocycles. The molecule has 206 valence electrons. The van der Waals surface area contributed by atoms with Gasteiger partial charge in [0, 0.05) is 49.9 Å². The van der Waals surface area contributed by atoms with Crippen LogP contribution in [0.25, 0.3) is 0 Å². The van der Waals surface area contributed by atoms with Gasteiger partial charge in [0.15, 0.2) is 0 Å². The van der Waals surface area contributed by atoms with Crippen molar-refractivity contribution >= 4 is 17.5 Å². The predicted octanol–water partition coefficient (Wildman–Crippen LogP) is 4.89. The van der Waals surface area contributed by atoms with E-state index in [2.05, 4.69) is 33.3 Å². The number of hydrogen-bond acceptors (Lipinski definition) is 6. The average molecular weight is 532 g/mol. The molecule has 0 spiro atoms. The van der Waals surface area contributed by atoms with E-state index in [1.807, 2.05) is 30.3 Å². The summed E-state index contributed by atoms with van der Waals surface area (Å²) in [7, 11) is 0. The predicted molar refractivity (Wildman–Crippen MR) is 149 cm³/mol. The van der Waals surface area contributed by atoms with Gasteiger partial charge in [0.2, 0.25) is 0 Å². The van der Waals surface area contributed by atoms with Gasteiger partial charge in [-0.2, -0.15) is 5.26 Å². The summed E-state index contributed by atoms with van der Waals surface area (Å²) in [4.78, 5) is 26.6. The van der Waals surface area contributed by atoms with Crippen LogP contribution in [-0.4, -0.2) is 60.3 Å². The molecule has 0 bridgehead atoms. The number of rotatable bonds is 9. The van der Waals surface area contributed by atoms with E-state index in [4.69, 9.17) is 0 Å². The number of nitrogens with one attached hydrogen (secondary N) is 1. The Labute approximate surface area is 229 Å². The molecular weight excluding hydrogens is 494 g/mol. The summed E-state index contributed by atoms with van der Waals surface area (Å²) in [6.45, 7) is 5.24. The third kappa shape index (κ3) is 5.57. The second-order valence-corrected chi connectivity index (χ2v) is 11.4. The number of benzene rings is 2. The maximum absolute atomic E-state index is 11.2. The number of carbonyl (C=O) groups is 1. The molecule has 9 heteroatoms. The number of nitriles is 1. The molecule has 3 aliphatic rings. The summed E-state index contributed by atoms with van der Waals surface area (Å²) < 4.78 is 0. The smallest absolute Gasteiger partial charge is 0.404 e. The van der Waals surface area contributed by atoms with E-state index < -0.39 is 11.5 Å². The Morgan fingerprint density at radius 1 is 1.08 bits per heavy atom. The number of amides is 1. The number of non-ortho nitro benzene ring substituents is 1. The van der Waals surface area contributed by atoms with Crippen LogP contribution >= 0.6 is 0 Å². The lowest BCUT2D eigenvalue weighted by atomic mass is 9.58. The topological polar surface area (TPSA) is 123 Å². The first-order valence-electron chi connectivity index (χ1n) is 14.1. The molecular formula is C30H37N5O4. The van der Waals surface area contributed by atoms with Gasteiger partial charge in [-0.25, -0.2) is 4.79 Å². The van der Waals surface area contributed by atoms with Crippen molar-refractivity contribution in [2.24, 2.45) is 23.7 Å². The minimum absolute atomic E-state index is 0.115. The maximum Gasteiger partial charge on any atom is 0.404 e. The molecule has 2 N–H and O–H groups in total. The van der Waals surface area contributed by atoms with Gasteiger partial charge in [0.25, 0.3) is 5.69 Å². The van der Waals surface area contributed by atoms with E-state index in [1.165, 1.54) is 0 Å². The largest absolute Gasteiger partial charge is 0.465 e. The van der Waals surface area contributed by atoms with Gasteiger partial charge in [-0.05, 0) is 74.2 Å². The summed E-state index contributed by atoms with van der Waals surface area (Å²) in [5.74, 6) is 1.09. The lowest BCUT2D eigenvalue weighted by Crippen LogP contribution is -2.54. The molecule has 1 saturated carbocycles. The highest BCUT2D eigenvalue weighted by molar-refractivity contribution is 5.64. The molecule has 2 aliphatic heterocycles. The van der Waals surface area contributed by atoms with Crippen LogP contribution in [0, 0.1) is 45.1 Å². The molecule has 1 unspecified atom stereocenters. The van der Waals surface area contributed by atoms with E-state index in [0.29, 0.717) is 12.5 Å². The SMILES string of the molecule is N#CC(c1ccccc1)(C1CCN(CC2CN(c3ccc([N+](=O)[O-])cc3)C2)CC1)[C@H]1CCC[C@H]1CNC(=O)O. The molecule has 0 radical (unpaired) electrons. The second kappa shape index (κ2) is 11.6. The minimum Gasteiger partial charge on any atom is -0.465 e. The van der Waals surface area contributed by atoms with E-state index in [0.717, 1.165) is 76.1 Å². The quantitative estimate of drug-likeness (QED) is 0.349. The molecule has 9 nitrogen and oxygen atoms in total. The second-order valence-electron chi connectivity index (χ2n) is 11.4. The third-order valence-corrected chi connectivity index (χ3v) is 9.33. The Morgan fingerprint density at radius 3 is 2.38 bits per heavy atom. The van der Waals surface area contributed by atoms with E-state index in [9.17, 15) is 25.3 Å². The van der Waals surface area contributed by atoms with Crippen molar-refractivity contribution in [1.82, 2.24) is 10.2 Å². The summed E-state index contributed by atoms with van der Waals surface area (Å²) in [5, 5.41) is 33.6. The first-order chi connectivity index (χ1) is 18.9. The van der Waals surface area contributed by atoms with Gasteiger partial charge in [0.05, 0.1) is 16.4 Å². The highest BCUT2D eigenvalue weighted by atomic mass is 16.6. The standard InChI is InChI=1S/C30H37N5O4/c31-21-30(24-6-2-1-3-7-24,28-8-4-5-23(28)17-32-29(36)37)25-13-15-33(16-14-25)18-22-19-34(20-22)26-9-11-27(12-10-26)35(38)39/h1-3,6-7,9-12,22-23,25,28,32H,4-5,8,13-20H2,(H,36,37)/t23-,28-,30?/m0/s1. The molecule has 3 fully saturated rings. The zero-order valence-corrected chi connectivity index (χ0v) is 22.2. The normalized spacial score (nSPS) is 23.9. The average Bonchev–Trinajstić information content (AvgIpc) is 3.40. The van der Waals surface area contributed by atoms with Crippen molar-refractivity contribution in [2.45, 2.75) is 37.5 Å². The molecule has 2 aromatic carbocycles. The number of carboxylic acid groups (broad SMARTS) is 1. The van der Waals surface area contributed by atoms with Gasteiger partial charge in [-0.1, -0.05) is 36.8 Å². The molecule has 39 heavy (non-hydrogen) atoms. The van der Waals surface area contributed by atoms with Gasteiger partial charge in [0.1, 0.15) is 0 Å². The van der Waals surface area contributed by atoms with Crippen molar-refractivity contribution in [3.63, 3.8) is 0 Å². The molecule has 3 atom stereocenters. The highest BCUT2D eigenvalue weighted by Gasteiger charge is 2.52. The lowest BCUT2D eigenvalue weighted by Gasteiger charge is -2.48. The third-order valence-electron chi connectivity index (χ3n) is 9.33. The van der Waals surface area contributed by atoms with Gasteiger partial charge >= 0.3 is 6.09 Å². The van der Waals surface area contributed by atoms with E-state index >= 15 is 0 Å². The first kappa shape index (κ1) is 26.9. The fourth-order valence-electron chi connectivity index (χ4n) is 7.42. The van der Waals surface area contributed by atoms with Crippen molar-refractivity contribution in [3.05, 3.63) is 70.3 Å². The minimum atomic E-state index is -1.00. The molecule has 2 heterocycles. The number of likely N-dealkylation sites (tertiary alicyclic amines) is 1. The Bertz CT molecular complexity index is 1190. The summed E-state index contributed by atoms with van der Waals surface area (Å²) >= 11 is 0. The van der Waals surface area contributed by atoms with Crippen LogP contribution < -0.4 is 10.2 Å². The zero-order chi connectivity index (χ0) is 27.4. The van der Waals surface area contributed by atoms with Crippen LogP contribution in [0.3, 0.4) is 0 Å². The molecule has 1 amide bonds. The number of nitro groups is 1. The van der Waals surface area contributed by atoms with E-state index in [-0.39, 0.29) is 28.4 Å². The Hall–Kier alpha value is -3.64. The summed E-state index contributed by atoms with van der Waals surface area (Å²) in [6, 6.07) is 19.8. The van der Waals surface area contributed by atoms with Crippen LogP contribution in [-0.2, 0) is 5.41 Å². The molecule has 5 rings (SSSR count). The van der Waals surface area contributed by atoms with Crippen molar-refractivity contribution < 1.29 is 14.8 Å². The van der Waals surface area contributed by atoms with Crippen LogP contribution in [0.1, 0.15) is 37.7 Å². The van der Waals surface area contributed by atoms with Crippen LogP contribution in [0.4, 0.5) is 16.2 Å². The summed E-state index contributed by atoms with van der Waals surface area (Å²) in [6.07, 6.45) is 3.84. The Kier molecular flexibility index (Phi) is 8.03. The molecule has 1 aliphatic carbocycles. The summed E-state index contributed by atoms with van der Waals surface area (Å²) in [5.41, 5.74) is 1.61. The van der Waals surface area contributed by atoms with Crippen molar-refractivity contribution in [1.29, 1.82) is 5.26 Å². The zero-order valence-electron chi connectivity index (χ0n) is 22.2. The monoisotopic (exact) mass is 531 g/mol. The van der Waals surface area contributed by atoms with Gasteiger partial charge < -0.3 is 20.2 Å². The maximum atomic E-state index is 11.2. The number of hydrogen-bond donors (Lipinski definition) is 2. The van der Waals surface area contributed by atoms with Crippen LogP contribution in [0.2, 0.25) is 0 Å². The molecule has 2 saturated heterocycles. The van der Waals surface area contributed by atoms with Crippen molar-refractivity contribution in [2.75, 3.05) is 44.2 Å². The Balaban J connectivity index is 1.22. The van der Waals surface area contributed by atoms with Crippen LogP contribution in [0.15, 0.2) is 54.6 Å². The van der Waals surface area contributed by atoms with E-state index in [1.54, 1.807) is 12.1 Å². The fourth-order valence-corrected chi connectivity index (χ4v) is 7.42. The van der Waals surface area contributed by atoms with Gasteiger partial charge in [-0.3, -0.25) is 10.1 Å². The number of nitro benzene ring substituents is 1. The van der Waals surface area contributed by atoms with Crippen LogP contribution in [0.5, 0.6) is 0 Å². The number of piperidine rings is 1. The highest BCUT2D eigenvalue weighted by Crippen LogP contribution is 2.52. The number of anilines is 1. The Morgan fingerprint density at radius 2 is 1.77 bits per heavy atom. The number of nitrogens with zero attached hydrogens (tertiary/aromatic N) is 4. The molecule has 2 aromatic rings. The van der Waals surface area contributed by atoms with Crippen molar-refractivity contribution in [3.8, 4) is 6.07 Å². The fraction of sp³-hybridized carbons (Fsp3) is 0.533. The first-order valence-corrected chi connectivity index (χ1v) is 14.1. The lowest BCUT2D eigenvalue weighted by molar-refractivity contribution is -0.384.